The minimum atomic E-state index is -1.16. The molecule has 0 fully saturated rings. The molecule has 1 aromatic rings. The van der Waals surface area contributed by atoms with Crippen molar-refractivity contribution >= 4 is 30.5 Å². The first-order valence-electron chi connectivity index (χ1n) is 10.4. The molecule has 8 nitrogen and oxygen atoms in total. The summed E-state index contributed by atoms with van der Waals surface area (Å²) in [5.41, 5.74) is 0.192. The van der Waals surface area contributed by atoms with Gasteiger partial charge in [-0.15, -0.1) is 0 Å². The van der Waals surface area contributed by atoms with Gasteiger partial charge in [-0.2, -0.15) is 12.6 Å². The molecule has 0 aromatic heterocycles. The molecule has 0 aliphatic rings. The van der Waals surface area contributed by atoms with Crippen LogP contribution in [0, 0.1) is 19.4 Å². The SMILES string of the molecule is C#CN(C(=O)C(CS)NC(=O)OC(C)(C)C)C(C(=O)NCCCC)c1ccc(O)c(C)c1. The van der Waals surface area contributed by atoms with Crippen LogP contribution in [0.1, 0.15) is 57.7 Å². The van der Waals surface area contributed by atoms with Crippen molar-refractivity contribution in [3.8, 4) is 18.2 Å². The monoisotopic (exact) mass is 463 g/mol. The number of aromatic hydroxyl groups is 1. The zero-order valence-corrected chi connectivity index (χ0v) is 20.2. The Morgan fingerprint density at radius 1 is 1.31 bits per heavy atom. The van der Waals surface area contributed by atoms with Crippen LogP contribution in [0.4, 0.5) is 4.79 Å². The normalized spacial score (nSPS) is 12.8. The van der Waals surface area contributed by atoms with Crippen LogP contribution in [0.25, 0.3) is 0 Å². The van der Waals surface area contributed by atoms with Crippen molar-refractivity contribution in [3.05, 3.63) is 29.3 Å². The van der Waals surface area contributed by atoms with Gasteiger partial charge in [-0.05, 0) is 57.4 Å². The van der Waals surface area contributed by atoms with Gasteiger partial charge in [0, 0.05) is 18.3 Å². The lowest BCUT2D eigenvalue weighted by Gasteiger charge is -2.30. The van der Waals surface area contributed by atoms with E-state index in [0.717, 1.165) is 17.7 Å². The number of hydrogen-bond donors (Lipinski definition) is 4. The van der Waals surface area contributed by atoms with Crippen molar-refractivity contribution in [2.45, 2.75) is 65.1 Å². The quantitative estimate of drug-likeness (QED) is 0.195. The molecule has 0 spiro atoms. The van der Waals surface area contributed by atoms with Gasteiger partial charge in [-0.1, -0.05) is 25.8 Å². The summed E-state index contributed by atoms with van der Waals surface area (Å²) in [5.74, 6) is -1.16. The maximum Gasteiger partial charge on any atom is 0.408 e. The maximum atomic E-state index is 13.2. The highest BCUT2D eigenvalue weighted by molar-refractivity contribution is 7.80. The van der Waals surface area contributed by atoms with E-state index < -0.39 is 35.6 Å². The van der Waals surface area contributed by atoms with E-state index in [9.17, 15) is 19.5 Å². The molecule has 2 atom stereocenters. The molecule has 0 aliphatic carbocycles. The summed E-state index contributed by atoms with van der Waals surface area (Å²) in [6.07, 6.45) is 6.49. The third-order valence-corrected chi connectivity index (χ3v) is 4.79. The Morgan fingerprint density at radius 3 is 2.47 bits per heavy atom. The van der Waals surface area contributed by atoms with Crippen molar-refractivity contribution in [2.75, 3.05) is 12.3 Å². The average Bonchev–Trinajstić information content (AvgIpc) is 2.70. The number of nitrogens with one attached hydrogen (secondary N) is 2. The lowest BCUT2D eigenvalue weighted by Crippen LogP contribution is -2.52. The van der Waals surface area contributed by atoms with E-state index in [0.29, 0.717) is 17.7 Å². The highest BCUT2D eigenvalue weighted by Crippen LogP contribution is 2.26. The van der Waals surface area contributed by atoms with Crippen LogP contribution in [0.15, 0.2) is 18.2 Å². The Kier molecular flexibility index (Phi) is 10.4. The topological polar surface area (TPSA) is 108 Å². The number of hydrogen-bond acceptors (Lipinski definition) is 6. The maximum absolute atomic E-state index is 13.2. The molecular formula is C23H33N3O5S. The zero-order valence-electron chi connectivity index (χ0n) is 19.3. The molecule has 176 valence electrons. The van der Waals surface area contributed by atoms with Crippen LogP contribution in [0.2, 0.25) is 0 Å². The number of carbonyl (C=O) groups excluding carboxylic acids is 3. The van der Waals surface area contributed by atoms with Crippen molar-refractivity contribution in [2.24, 2.45) is 0 Å². The van der Waals surface area contributed by atoms with Gasteiger partial charge >= 0.3 is 6.09 Å². The lowest BCUT2D eigenvalue weighted by molar-refractivity contribution is -0.138. The number of rotatable bonds is 9. The molecular weight excluding hydrogens is 430 g/mol. The summed E-state index contributed by atoms with van der Waals surface area (Å²) in [6, 6.07) is 4.55. The second kappa shape index (κ2) is 12.2. The first-order valence-corrected chi connectivity index (χ1v) is 11.0. The second-order valence-electron chi connectivity index (χ2n) is 8.31. The van der Waals surface area contributed by atoms with Crippen molar-refractivity contribution < 1.29 is 24.2 Å². The van der Waals surface area contributed by atoms with E-state index in [1.807, 2.05) is 6.92 Å². The van der Waals surface area contributed by atoms with Crippen LogP contribution in [0.5, 0.6) is 5.75 Å². The van der Waals surface area contributed by atoms with Gasteiger partial charge in [0.25, 0.3) is 5.91 Å². The molecule has 32 heavy (non-hydrogen) atoms. The van der Waals surface area contributed by atoms with E-state index in [1.54, 1.807) is 33.8 Å². The second-order valence-corrected chi connectivity index (χ2v) is 8.68. The van der Waals surface area contributed by atoms with Gasteiger partial charge in [0.2, 0.25) is 5.91 Å². The van der Waals surface area contributed by atoms with E-state index >= 15 is 0 Å². The van der Waals surface area contributed by atoms with Crippen LogP contribution in [-0.4, -0.2) is 51.9 Å². The third-order valence-electron chi connectivity index (χ3n) is 4.42. The Morgan fingerprint density at radius 2 is 1.97 bits per heavy atom. The first-order chi connectivity index (χ1) is 14.9. The van der Waals surface area contributed by atoms with Gasteiger partial charge < -0.3 is 20.5 Å². The van der Waals surface area contributed by atoms with Crippen LogP contribution < -0.4 is 10.6 Å². The number of nitrogens with zero attached hydrogens (tertiary/aromatic N) is 1. The molecule has 9 heteroatoms. The fourth-order valence-corrected chi connectivity index (χ4v) is 3.07. The fraction of sp³-hybridized carbons (Fsp3) is 0.522. The van der Waals surface area contributed by atoms with Gasteiger partial charge in [0.15, 0.2) is 0 Å². The molecule has 1 aromatic carbocycles. The predicted octanol–water partition coefficient (Wildman–Crippen LogP) is 2.90. The molecule has 0 saturated heterocycles. The smallest absolute Gasteiger partial charge is 0.408 e. The average molecular weight is 464 g/mol. The Labute approximate surface area is 195 Å². The fourth-order valence-electron chi connectivity index (χ4n) is 2.82. The number of alkyl carbamates (subject to hydrolysis) is 1. The third kappa shape index (κ3) is 8.00. The summed E-state index contributed by atoms with van der Waals surface area (Å²) in [7, 11) is 0. The predicted molar refractivity (Wildman–Crippen MR) is 126 cm³/mol. The van der Waals surface area contributed by atoms with Crippen molar-refractivity contribution in [1.29, 1.82) is 0 Å². The number of carbonyl (C=O) groups is 3. The Balaban J connectivity index is 3.26. The minimum absolute atomic E-state index is 0.0531. The summed E-state index contributed by atoms with van der Waals surface area (Å²) in [5, 5.41) is 15.1. The Bertz CT molecular complexity index is 860. The molecule has 3 N–H and O–H groups in total. The summed E-state index contributed by atoms with van der Waals surface area (Å²) in [4.78, 5) is 39.4. The summed E-state index contributed by atoms with van der Waals surface area (Å²) < 4.78 is 5.21. The van der Waals surface area contributed by atoms with Crippen LogP contribution in [0.3, 0.4) is 0 Å². The van der Waals surface area contributed by atoms with E-state index in [4.69, 9.17) is 11.2 Å². The van der Waals surface area contributed by atoms with E-state index in [2.05, 4.69) is 29.3 Å². The Hall–Kier alpha value is -2.86. The number of ether oxygens (including phenoxy) is 1. The highest BCUT2D eigenvalue weighted by Gasteiger charge is 2.35. The van der Waals surface area contributed by atoms with Gasteiger partial charge in [0.1, 0.15) is 23.4 Å². The molecule has 0 bridgehead atoms. The van der Waals surface area contributed by atoms with Crippen molar-refractivity contribution in [3.63, 3.8) is 0 Å². The number of unbranched alkanes of at least 4 members (excludes halogenated alkanes) is 1. The molecule has 0 aliphatic heterocycles. The van der Waals surface area contributed by atoms with Gasteiger partial charge in [0.05, 0.1) is 0 Å². The molecule has 0 saturated carbocycles. The van der Waals surface area contributed by atoms with Crippen LogP contribution >= 0.6 is 12.6 Å². The number of thiol groups is 1. The number of amides is 3. The molecule has 0 heterocycles. The van der Waals surface area contributed by atoms with E-state index in [-0.39, 0.29) is 11.5 Å². The molecule has 0 radical (unpaired) electrons. The number of phenolic OH excluding ortho intramolecular Hbond substituents is 1. The number of benzene rings is 1. The molecule has 3 amide bonds. The van der Waals surface area contributed by atoms with Gasteiger partial charge in [-0.3, -0.25) is 14.5 Å². The lowest BCUT2D eigenvalue weighted by atomic mass is 10.0. The van der Waals surface area contributed by atoms with Gasteiger partial charge in [-0.25, -0.2) is 4.79 Å². The molecule has 1 rings (SSSR count). The first kappa shape index (κ1) is 27.2. The minimum Gasteiger partial charge on any atom is -0.508 e. The molecule has 2 unspecified atom stereocenters. The number of terminal acetylenes is 1. The number of aryl methyl sites for hydroxylation is 1. The largest absolute Gasteiger partial charge is 0.508 e. The van der Waals surface area contributed by atoms with Crippen LogP contribution in [-0.2, 0) is 14.3 Å². The zero-order chi connectivity index (χ0) is 24.5. The number of phenols is 1. The highest BCUT2D eigenvalue weighted by atomic mass is 32.1. The standard InChI is InChI=1S/C23H33N3O5S/c1-7-9-12-24-20(28)19(16-10-11-18(27)15(3)13-16)26(8-2)21(29)17(14-32)25-22(30)31-23(4,5)6/h2,10-11,13,17,19,27,32H,7,9,12,14H2,1,3-6H3,(H,24,28)(H,25,30). The van der Waals surface area contributed by atoms with Crippen molar-refractivity contribution in [1.82, 2.24) is 15.5 Å². The summed E-state index contributed by atoms with van der Waals surface area (Å²) in [6.45, 7) is 9.17. The van der Waals surface area contributed by atoms with E-state index in [1.165, 1.54) is 12.1 Å². The summed E-state index contributed by atoms with van der Waals surface area (Å²) >= 11 is 4.16.